The summed E-state index contributed by atoms with van der Waals surface area (Å²) < 4.78 is 0. The Morgan fingerprint density at radius 2 is 1.97 bits per heavy atom. The second kappa shape index (κ2) is 7.22. The topological polar surface area (TPSA) is 95.7 Å². The predicted molar refractivity (Wildman–Crippen MR) is 107 cm³/mol. The highest BCUT2D eigenvalue weighted by molar-refractivity contribution is 6.05. The second-order valence-electron chi connectivity index (χ2n) is 9.19. The van der Waals surface area contributed by atoms with E-state index in [2.05, 4.69) is 16.3 Å². The number of carbonyl (C=O) groups is 3. The first kappa shape index (κ1) is 18.8. The third-order valence-electron chi connectivity index (χ3n) is 7.16. The maximum atomic E-state index is 13.0. The Kier molecular flexibility index (Phi) is 4.67. The van der Waals surface area contributed by atoms with Crippen molar-refractivity contribution in [1.29, 1.82) is 0 Å². The summed E-state index contributed by atoms with van der Waals surface area (Å²) in [5.41, 5.74) is 9.13. The quantitative estimate of drug-likeness (QED) is 0.744. The predicted octanol–water partition coefficient (Wildman–Crippen LogP) is 1.01. The van der Waals surface area contributed by atoms with Crippen molar-refractivity contribution in [2.45, 2.75) is 57.3 Å². The van der Waals surface area contributed by atoms with Gasteiger partial charge in [0.15, 0.2) is 0 Å². The molecule has 4 fully saturated rings. The van der Waals surface area contributed by atoms with Crippen molar-refractivity contribution in [3.05, 3.63) is 34.9 Å². The Hall–Kier alpha value is -2.25. The third kappa shape index (κ3) is 3.46. The highest BCUT2D eigenvalue weighted by Crippen LogP contribution is 2.34. The van der Waals surface area contributed by atoms with Gasteiger partial charge in [-0.05, 0) is 54.7 Å². The molecule has 1 aromatic carbocycles. The van der Waals surface area contributed by atoms with Gasteiger partial charge in [0, 0.05) is 44.2 Å². The molecule has 0 radical (unpaired) electrons. The molecular weight excluding hydrogens is 368 g/mol. The van der Waals surface area contributed by atoms with Crippen molar-refractivity contribution in [3.63, 3.8) is 0 Å². The van der Waals surface area contributed by atoms with Gasteiger partial charge in [0.05, 0.1) is 0 Å². The number of fused-ring (bicyclic) bond motifs is 5. The van der Waals surface area contributed by atoms with Crippen molar-refractivity contribution >= 4 is 17.7 Å². The van der Waals surface area contributed by atoms with Crippen LogP contribution in [-0.4, -0.2) is 52.7 Å². The van der Waals surface area contributed by atoms with Gasteiger partial charge in [-0.15, -0.1) is 0 Å². The van der Waals surface area contributed by atoms with E-state index in [1.54, 1.807) is 4.90 Å². The zero-order chi connectivity index (χ0) is 20.1. The van der Waals surface area contributed by atoms with Crippen LogP contribution in [0.15, 0.2) is 18.2 Å². The molecule has 2 bridgehead atoms. The lowest BCUT2D eigenvalue weighted by Gasteiger charge is -2.29. The van der Waals surface area contributed by atoms with E-state index in [9.17, 15) is 14.4 Å². The molecule has 0 spiro atoms. The van der Waals surface area contributed by atoms with E-state index in [-0.39, 0.29) is 24.1 Å². The maximum absolute atomic E-state index is 13.0. The zero-order valence-corrected chi connectivity index (χ0v) is 16.6. The number of nitrogens with one attached hydrogen (secondary N) is 1. The van der Waals surface area contributed by atoms with Crippen molar-refractivity contribution in [2.75, 3.05) is 13.1 Å². The normalized spacial score (nSPS) is 32.3. The molecule has 154 valence electrons. The summed E-state index contributed by atoms with van der Waals surface area (Å²) >= 11 is 0. The van der Waals surface area contributed by atoms with Gasteiger partial charge in [0.1, 0.15) is 6.04 Å². The smallest absolute Gasteiger partial charge is 0.255 e. The van der Waals surface area contributed by atoms with Crippen LogP contribution in [-0.2, 0) is 22.7 Å². The molecule has 1 unspecified atom stereocenters. The van der Waals surface area contributed by atoms with Crippen molar-refractivity contribution in [2.24, 2.45) is 17.6 Å². The molecule has 5 aliphatic rings. The number of imide groups is 1. The second-order valence-corrected chi connectivity index (χ2v) is 9.19. The largest absolute Gasteiger partial charge is 0.327 e. The van der Waals surface area contributed by atoms with E-state index in [4.69, 9.17) is 5.73 Å². The summed E-state index contributed by atoms with van der Waals surface area (Å²) in [5, 5.41) is 2.35. The van der Waals surface area contributed by atoms with Crippen LogP contribution in [0.3, 0.4) is 0 Å². The molecule has 29 heavy (non-hydrogen) atoms. The molecule has 4 atom stereocenters. The van der Waals surface area contributed by atoms with Crippen molar-refractivity contribution < 1.29 is 14.4 Å². The molecule has 3 amide bonds. The fourth-order valence-electron chi connectivity index (χ4n) is 5.61. The molecule has 3 saturated heterocycles. The Morgan fingerprint density at radius 3 is 2.76 bits per heavy atom. The number of hydrogen-bond acceptors (Lipinski definition) is 5. The lowest BCUT2D eigenvalue weighted by Crippen LogP contribution is -2.52. The van der Waals surface area contributed by atoms with E-state index in [0.29, 0.717) is 36.4 Å². The van der Waals surface area contributed by atoms with Crippen LogP contribution in [0.4, 0.5) is 0 Å². The molecule has 1 saturated carbocycles. The SMILES string of the molecule is N[C@@H]1C[C@@H]2CC[C@H]1CN(Cc1ccc3c(c1)C(=O)N(C1CCC(=O)NC1=O)C3)C2. The molecule has 0 aromatic heterocycles. The standard InChI is InChI=1S/C22H28N4O3/c23-18-8-14-2-4-16(18)11-25(10-14)9-13-1-3-15-12-26(22(29)17(15)7-13)19-5-6-20(27)24-21(19)28/h1,3,7,14,16,18-19H,2,4-6,8-12,23H2,(H,24,27,28)/t14-,16-,18+,19?/m0/s1. The van der Waals surface area contributed by atoms with Gasteiger partial charge in [0.2, 0.25) is 11.8 Å². The summed E-state index contributed by atoms with van der Waals surface area (Å²) in [6, 6.07) is 5.89. The molecule has 4 aliphatic heterocycles. The molecule has 1 aliphatic carbocycles. The van der Waals surface area contributed by atoms with Crippen LogP contribution in [0, 0.1) is 11.8 Å². The number of carbonyl (C=O) groups excluding carboxylic acids is 3. The van der Waals surface area contributed by atoms with Gasteiger partial charge >= 0.3 is 0 Å². The van der Waals surface area contributed by atoms with Crippen LogP contribution in [0.1, 0.15) is 53.6 Å². The summed E-state index contributed by atoms with van der Waals surface area (Å²) in [6.45, 7) is 3.38. The number of nitrogens with zero attached hydrogens (tertiary/aromatic N) is 2. The van der Waals surface area contributed by atoms with E-state index < -0.39 is 6.04 Å². The summed E-state index contributed by atoms with van der Waals surface area (Å²) in [5.74, 6) is 0.535. The van der Waals surface area contributed by atoms with Gasteiger partial charge < -0.3 is 10.6 Å². The maximum Gasteiger partial charge on any atom is 0.255 e. The molecule has 6 rings (SSSR count). The van der Waals surface area contributed by atoms with Crippen molar-refractivity contribution in [3.8, 4) is 0 Å². The molecular formula is C22H28N4O3. The molecule has 7 heteroatoms. The van der Waals surface area contributed by atoms with E-state index in [1.807, 2.05) is 12.1 Å². The van der Waals surface area contributed by atoms with Crippen LogP contribution < -0.4 is 11.1 Å². The van der Waals surface area contributed by atoms with Crippen LogP contribution >= 0.6 is 0 Å². The molecule has 7 nitrogen and oxygen atoms in total. The highest BCUT2D eigenvalue weighted by atomic mass is 16.2. The van der Waals surface area contributed by atoms with Crippen LogP contribution in [0.5, 0.6) is 0 Å². The Balaban J connectivity index is 1.30. The first-order valence-electron chi connectivity index (χ1n) is 10.7. The summed E-state index contributed by atoms with van der Waals surface area (Å²) in [4.78, 5) is 40.7. The first-order chi connectivity index (χ1) is 14.0. The Bertz CT molecular complexity index is 870. The fraction of sp³-hybridized carbons (Fsp3) is 0.591. The highest BCUT2D eigenvalue weighted by Gasteiger charge is 2.39. The number of nitrogens with two attached hydrogens (primary N) is 1. The fourth-order valence-corrected chi connectivity index (χ4v) is 5.61. The average Bonchev–Trinajstić information content (AvgIpc) is 2.81. The number of hydrogen-bond donors (Lipinski definition) is 2. The average molecular weight is 396 g/mol. The van der Waals surface area contributed by atoms with Gasteiger partial charge in [-0.3, -0.25) is 24.6 Å². The molecule has 3 N–H and O–H groups in total. The van der Waals surface area contributed by atoms with Crippen molar-refractivity contribution in [1.82, 2.24) is 15.1 Å². The van der Waals surface area contributed by atoms with Gasteiger partial charge in [-0.2, -0.15) is 0 Å². The lowest BCUT2D eigenvalue weighted by atomic mass is 9.81. The van der Waals surface area contributed by atoms with Gasteiger partial charge in [-0.25, -0.2) is 0 Å². The third-order valence-corrected chi connectivity index (χ3v) is 7.16. The van der Waals surface area contributed by atoms with Gasteiger partial charge in [-0.1, -0.05) is 12.1 Å². The first-order valence-corrected chi connectivity index (χ1v) is 10.7. The minimum absolute atomic E-state index is 0.102. The van der Waals surface area contributed by atoms with Crippen LogP contribution in [0.2, 0.25) is 0 Å². The molecule has 4 heterocycles. The monoisotopic (exact) mass is 396 g/mol. The summed E-state index contributed by atoms with van der Waals surface area (Å²) in [7, 11) is 0. The Labute approximate surface area is 170 Å². The number of piperidine rings is 1. The lowest BCUT2D eigenvalue weighted by molar-refractivity contribution is -0.136. The number of amides is 3. The molecule has 1 aromatic rings. The minimum atomic E-state index is -0.557. The zero-order valence-electron chi connectivity index (χ0n) is 16.6. The minimum Gasteiger partial charge on any atom is -0.327 e. The Morgan fingerprint density at radius 1 is 1.10 bits per heavy atom. The van der Waals surface area contributed by atoms with E-state index in [0.717, 1.165) is 37.2 Å². The van der Waals surface area contributed by atoms with E-state index in [1.165, 1.54) is 12.8 Å². The number of rotatable bonds is 3. The van der Waals surface area contributed by atoms with E-state index >= 15 is 0 Å². The van der Waals surface area contributed by atoms with Crippen LogP contribution in [0.25, 0.3) is 0 Å². The van der Waals surface area contributed by atoms with Gasteiger partial charge in [0.25, 0.3) is 5.91 Å². The number of benzene rings is 1. The summed E-state index contributed by atoms with van der Waals surface area (Å²) in [6.07, 6.45) is 4.31.